The highest BCUT2D eigenvalue weighted by atomic mass is 16.5. The molecule has 0 radical (unpaired) electrons. The number of hydrogen-bond acceptors (Lipinski definition) is 4. The van der Waals surface area contributed by atoms with Gasteiger partial charge in [-0.3, -0.25) is 0 Å². The quantitative estimate of drug-likeness (QED) is 0.331. The maximum Gasteiger partial charge on any atom is 0.170 e. The van der Waals surface area contributed by atoms with Crippen LogP contribution in [-0.2, 0) is 11.3 Å². The Balaban J connectivity index is 1.94. The number of hydrogen-bond donors (Lipinski definition) is 3. The Bertz CT molecular complexity index is 468. The van der Waals surface area contributed by atoms with Crippen LogP contribution in [0.15, 0.2) is 29.4 Å². The van der Waals surface area contributed by atoms with Gasteiger partial charge in [-0.25, -0.2) is 0 Å². The van der Waals surface area contributed by atoms with E-state index in [4.69, 9.17) is 15.7 Å². The fourth-order valence-corrected chi connectivity index (χ4v) is 2.52. The Morgan fingerprint density at radius 1 is 1.40 bits per heavy atom. The first-order chi connectivity index (χ1) is 9.64. The molecule has 1 heterocycles. The van der Waals surface area contributed by atoms with Gasteiger partial charge < -0.3 is 21.0 Å². The maximum absolute atomic E-state index is 8.81. The summed E-state index contributed by atoms with van der Waals surface area (Å²) in [4.78, 5) is 0. The molecule has 0 aromatic heterocycles. The van der Waals surface area contributed by atoms with Crippen molar-refractivity contribution >= 4 is 5.84 Å². The summed E-state index contributed by atoms with van der Waals surface area (Å²) in [5.74, 6) is 0.152. The first-order valence-electron chi connectivity index (χ1n) is 6.99. The summed E-state index contributed by atoms with van der Waals surface area (Å²) >= 11 is 0. The van der Waals surface area contributed by atoms with Gasteiger partial charge in [-0.2, -0.15) is 0 Å². The molecular formula is C15H23N3O2. The first kappa shape index (κ1) is 14.8. The molecule has 1 aromatic carbocycles. The number of nitrogens with two attached hydrogens (primary N) is 1. The van der Waals surface area contributed by atoms with E-state index in [1.165, 1.54) is 0 Å². The van der Waals surface area contributed by atoms with Crippen molar-refractivity contribution in [3.8, 4) is 0 Å². The molecule has 5 heteroatoms. The topological polar surface area (TPSA) is 79.9 Å². The number of nitrogens with zero attached hydrogens (tertiary/aromatic N) is 1. The van der Waals surface area contributed by atoms with E-state index in [-0.39, 0.29) is 5.84 Å². The monoisotopic (exact) mass is 277 g/mol. The normalized spacial score (nSPS) is 18.9. The van der Waals surface area contributed by atoms with Gasteiger partial charge in [-0.05, 0) is 23.8 Å². The molecule has 20 heavy (non-hydrogen) atoms. The van der Waals surface area contributed by atoms with Gasteiger partial charge in [-0.1, -0.05) is 36.3 Å². The average molecular weight is 277 g/mol. The molecule has 1 aliphatic heterocycles. The Labute approximate surface area is 119 Å². The minimum absolute atomic E-state index is 0.152. The van der Waals surface area contributed by atoms with Crippen LogP contribution < -0.4 is 11.1 Å². The Morgan fingerprint density at radius 2 is 2.10 bits per heavy atom. The maximum atomic E-state index is 8.81. The summed E-state index contributed by atoms with van der Waals surface area (Å²) in [6, 6.07) is 7.70. The van der Waals surface area contributed by atoms with Gasteiger partial charge in [0.2, 0.25) is 0 Å². The van der Waals surface area contributed by atoms with Crippen LogP contribution in [0.4, 0.5) is 0 Å². The fraction of sp³-hybridized carbons (Fsp3) is 0.533. The van der Waals surface area contributed by atoms with Gasteiger partial charge in [0, 0.05) is 31.9 Å². The summed E-state index contributed by atoms with van der Waals surface area (Å²) < 4.78 is 5.41. The molecule has 0 spiro atoms. The van der Waals surface area contributed by atoms with Gasteiger partial charge in [0.25, 0.3) is 0 Å². The van der Waals surface area contributed by atoms with Crippen LogP contribution >= 0.6 is 0 Å². The molecule has 5 nitrogen and oxygen atoms in total. The predicted molar refractivity (Wildman–Crippen MR) is 78.8 cm³/mol. The van der Waals surface area contributed by atoms with Crippen molar-refractivity contribution in [2.24, 2.45) is 16.3 Å². The molecule has 110 valence electrons. The summed E-state index contributed by atoms with van der Waals surface area (Å²) in [6.45, 7) is 5.64. The average Bonchev–Trinajstić information content (AvgIpc) is 2.47. The molecule has 1 saturated heterocycles. The van der Waals surface area contributed by atoms with Crippen molar-refractivity contribution < 1.29 is 9.94 Å². The van der Waals surface area contributed by atoms with Crippen LogP contribution in [0.1, 0.15) is 30.9 Å². The van der Waals surface area contributed by atoms with E-state index in [2.05, 4.69) is 17.4 Å². The highest BCUT2D eigenvalue weighted by molar-refractivity contribution is 5.98. The zero-order valence-electron chi connectivity index (χ0n) is 11.9. The Kier molecular flexibility index (Phi) is 4.98. The number of nitrogens with one attached hydrogen (secondary N) is 1. The summed E-state index contributed by atoms with van der Waals surface area (Å²) in [7, 11) is 0. The van der Waals surface area contributed by atoms with Gasteiger partial charge in [-0.15, -0.1) is 0 Å². The molecule has 2 rings (SSSR count). The van der Waals surface area contributed by atoms with Crippen molar-refractivity contribution in [2.75, 3.05) is 19.8 Å². The van der Waals surface area contributed by atoms with Gasteiger partial charge in [0.1, 0.15) is 0 Å². The van der Waals surface area contributed by atoms with Crippen molar-refractivity contribution in [3.63, 3.8) is 0 Å². The molecule has 1 aliphatic rings. The van der Waals surface area contributed by atoms with Crippen molar-refractivity contribution in [3.05, 3.63) is 35.4 Å². The van der Waals surface area contributed by atoms with Gasteiger partial charge in [0.15, 0.2) is 5.84 Å². The largest absolute Gasteiger partial charge is 0.409 e. The molecule has 0 atom stereocenters. The van der Waals surface area contributed by atoms with Crippen LogP contribution in [0.5, 0.6) is 0 Å². The van der Waals surface area contributed by atoms with E-state index in [0.29, 0.717) is 12.0 Å². The smallest absolute Gasteiger partial charge is 0.170 e. The van der Waals surface area contributed by atoms with E-state index in [0.717, 1.165) is 43.7 Å². The molecule has 0 unspecified atom stereocenters. The van der Waals surface area contributed by atoms with Crippen molar-refractivity contribution in [2.45, 2.75) is 26.3 Å². The van der Waals surface area contributed by atoms with E-state index in [9.17, 15) is 0 Å². The molecule has 0 bridgehead atoms. The highest BCUT2D eigenvalue weighted by Crippen LogP contribution is 2.28. The molecule has 0 aliphatic carbocycles. The van der Waals surface area contributed by atoms with E-state index >= 15 is 0 Å². The standard InChI is InChI=1S/C15H23N3O2/c1-15(6-8-20-9-7-15)11-17-10-12-4-2-3-5-13(12)14(16)18-19/h2-5,17,19H,6-11H2,1H3,(H2,16,18). The summed E-state index contributed by atoms with van der Waals surface area (Å²) in [5, 5.41) is 15.4. The lowest BCUT2D eigenvalue weighted by Crippen LogP contribution is -2.36. The molecule has 1 fully saturated rings. The van der Waals surface area contributed by atoms with E-state index in [1.54, 1.807) is 0 Å². The first-order valence-corrected chi connectivity index (χ1v) is 6.99. The van der Waals surface area contributed by atoms with E-state index < -0.39 is 0 Å². The molecule has 4 N–H and O–H groups in total. The summed E-state index contributed by atoms with van der Waals surface area (Å²) in [6.07, 6.45) is 2.17. The van der Waals surface area contributed by atoms with Crippen LogP contribution in [0.2, 0.25) is 0 Å². The number of rotatable bonds is 5. The van der Waals surface area contributed by atoms with Gasteiger partial charge >= 0.3 is 0 Å². The van der Waals surface area contributed by atoms with E-state index in [1.807, 2.05) is 24.3 Å². The lowest BCUT2D eigenvalue weighted by molar-refractivity contribution is 0.0240. The highest BCUT2D eigenvalue weighted by Gasteiger charge is 2.26. The van der Waals surface area contributed by atoms with Gasteiger partial charge in [0.05, 0.1) is 0 Å². The van der Waals surface area contributed by atoms with Crippen LogP contribution in [-0.4, -0.2) is 30.8 Å². The third kappa shape index (κ3) is 3.71. The number of benzene rings is 1. The number of amidine groups is 1. The molecule has 1 aromatic rings. The SMILES string of the molecule is CC1(CNCc2ccccc2/C(N)=N/O)CCOCC1. The predicted octanol–water partition coefficient (Wildman–Crippen LogP) is 1.69. The second kappa shape index (κ2) is 6.72. The Morgan fingerprint density at radius 3 is 2.80 bits per heavy atom. The molecule has 0 amide bonds. The lowest BCUT2D eigenvalue weighted by Gasteiger charge is -2.33. The van der Waals surface area contributed by atoms with Crippen molar-refractivity contribution in [1.29, 1.82) is 0 Å². The second-order valence-corrected chi connectivity index (χ2v) is 5.67. The third-order valence-corrected chi connectivity index (χ3v) is 3.97. The number of oxime groups is 1. The van der Waals surface area contributed by atoms with Crippen LogP contribution in [0.25, 0.3) is 0 Å². The minimum atomic E-state index is 0.152. The van der Waals surface area contributed by atoms with Crippen molar-refractivity contribution in [1.82, 2.24) is 5.32 Å². The summed E-state index contributed by atoms with van der Waals surface area (Å²) in [5.41, 5.74) is 7.80. The minimum Gasteiger partial charge on any atom is -0.409 e. The zero-order chi connectivity index (χ0) is 14.4. The lowest BCUT2D eigenvalue weighted by atomic mass is 9.82. The molecular weight excluding hydrogens is 254 g/mol. The fourth-order valence-electron chi connectivity index (χ4n) is 2.52. The Hall–Kier alpha value is -1.59. The van der Waals surface area contributed by atoms with Crippen LogP contribution in [0.3, 0.4) is 0 Å². The number of ether oxygens (including phenoxy) is 1. The third-order valence-electron chi connectivity index (χ3n) is 3.97. The van der Waals surface area contributed by atoms with Crippen LogP contribution in [0, 0.1) is 5.41 Å². The zero-order valence-corrected chi connectivity index (χ0v) is 11.9. The molecule has 0 saturated carbocycles. The second-order valence-electron chi connectivity index (χ2n) is 5.67.